The van der Waals surface area contributed by atoms with Crippen molar-refractivity contribution in [3.05, 3.63) is 137 Å². The van der Waals surface area contributed by atoms with Crippen molar-refractivity contribution >= 4 is 10.0 Å². The lowest BCUT2D eigenvalue weighted by atomic mass is 9.87. The molecule has 0 fully saturated rings. The molecule has 0 saturated heterocycles. The average molecular weight is 496 g/mol. The van der Waals surface area contributed by atoms with Crippen LogP contribution in [-0.2, 0) is 22.2 Å². The van der Waals surface area contributed by atoms with Crippen LogP contribution in [-0.4, -0.2) is 24.4 Å². The van der Waals surface area contributed by atoms with Crippen molar-refractivity contribution in [3.63, 3.8) is 0 Å². The first-order valence-corrected chi connectivity index (χ1v) is 13.2. The number of hydrogen-bond acceptors (Lipinski definition) is 3. The van der Waals surface area contributed by atoms with E-state index in [-0.39, 0.29) is 18.0 Å². The number of aliphatic hydroxyl groups is 1. The highest BCUT2D eigenvalue weighted by molar-refractivity contribution is 7.89. The molecule has 0 spiro atoms. The van der Waals surface area contributed by atoms with Crippen molar-refractivity contribution in [1.82, 2.24) is 4.31 Å². The second kappa shape index (κ2) is 10.9. The molecule has 5 heteroatoms. The molecule has 0 amide bonds. The van der Waals surface area contributed by atoms with Crippen molar-refractivity contribution < 1.29 is 13.5 Å². The number of nitrogens with zero attached hydrogens (tertiary/aromatic N) is 1. The minimum Gasteiger partial charge on any atom is -0.369 e. The maximum Gasteiger partial charge on any atom is 0.244 e. The smallest absolute Gasteiger partial charge is 0.244 e. The summed E-state index contributed by atoms with van der Waals surface area (Å²) in [6.45, 7) is 4.00. The van der Waals surface area contributed by atoms with Gasteiger partial charge in [-0.15, -0.1) is 0 Å². The molecule has 0 aliphatic rings. The van der Waals surface area contributed by atoms with E-state index < -0.39 is 15.6 Å². The van der Waals surface area contributed by atoms with Crippen LogP contribution in [0, 0.1) is 25.7 Å². The number of benzene rings is 4. The van der Waals surface area contributed by atoms with E-state index in [2.05, 4.69) is 11.8 Å². The molecule has 4 aromatic carbocycles. The average Bonchev–Trinajstić information content (AvgIpc) is 2.90. The molecule has 4 nitrogen and oxygen atoms in total. The molecule has 0 saturated carbocycles. The van der Waals surface area contributed by atoms with Crippen LogP contribution in [0.3, 0.4) is 0 Å². The quantitative estimate of drug-likeness (QED) is 0.348. The van der Waals surface area contributed by atoms with Crippen LogP contribution < -0.4 is 0 Å². The van der Waals surface area contributed by atoms with E-state index in [1.54, 1.807) is 24.3 Å². The van der Waals surface area contributed by atoms with Gasteiger partial charge in [-0.2, -0.15) is 4.31 Å². The summed E-state index contributed by atoms with van der Waals surface area (Å²) in [4.78, 5) is 0.211. The summed E-state index contributed by atoms with van der Waals surface area (Å²) in [5.41, 5.74) is 2.60. The van der Waals surface area contributed by atoms with Crippen molar-refractivity contribution in [2.24, 2.45) is 0 Å². The van der Waals surface area contributed by atoms with Crippen LogP contribution in [0.15, 0.2) is 114 Å². The van der Waals surface area contributed by atoms with Gasteiger partial charge in [0.2, 0.25) is 10.0 Å². The Hall–Kier alpha value is -3.69. The molecule has 0 unspecified atom stereocenters. The highest BCUT2D eigenvalue weighted by atomic mass is 32.2. The molecule has 4 rings (SSSR count). The Balaban J connectivity index is 1.72. The standard InChI is InChI=1S/C31H29NO3S/c1-25-14-18-27(19-15-25)24-32(36(34,35)30-20-16-26(2)17-21-30)23-9-22-31(33,28-10-5-3-6-11-28)29-12-7-4-8-13-29/h3-8,10-21,33H,23-24H2,1-2H3. The van der Waals surface area contributed by atoms with Crippen LogP contribution in [0.2, 0.25) is 0 Å². The third-order valence-electron chi connectivity index (χ3n) is 6.05. The molecule has 36 heavy (non-hydrogen) atoms. The molecular formula is C31H29NO3S. The molecule has 0 bridgehead atoms. The Labute approximate surface area is 213 Å². The second-order valence-electron chi connectivity index (χ2n) is 8.82. The summed E-state index contributed by atoms with van der Waals surface area (Å²) in [5.74, 6) is 5.97. The summed E-state index contributed by atoms with van der Waals surface area (Å²) in [6, 6.07) is 32.9. The zero-order chi connectivity index (χ0) is 25.6. The van der Waals surface area contributed by atoms with Gasteiger partial charge in [-0.25, -0.2) is 8.42 Å². The normalized spacial score (nSPS) is 11.7. The topological polar surface area (TPSA) is 57.6 Å². The van der Waals surface area contributed by atoms with Gasteiger partial charge in [-0.05, 0) is 31.5 Å². The lowest BCUT2D eigenvalue weighted by Gasteiger charge is -2.24. The molecule has 0 radical (unpaired) electrons. The van der Waals surface area contributed by atoms with Crippen LogP contribution in [0.4, 0.5) is 0 Å². The Bertz CT molecular complexity index is 1410. The number of hydrogen-bond donors (Lipinski definition) is 1. The van der Waals surface area contributed by atoms with E-state index in [0.717, 1.165) is 16.7 Å². The maximum atomic E-state index is 13.6. The third kappa shape index (κ3) is 5.75. The van der Waals surface area contributed by atoms with E-state index in [4.69, 9.17) is 0 Å². The number of sulfonamides is 1. The van der Waals surface area contributed by atoms with Gasteiger partial charge in [-0.3, -0.25) is 0 Å². The minimum atomic E-state index is -3.82. The summed E-state index contributed by atoms with van der Waals surface area (Å²) in [7, 11) is -3.82. The fraction of sp³-hybridized carbons (Fsp3) is 0.161. The van der Waals surface area contributed by atoms with Gasteiger partial charge in [0.05, 0.1) is 11.4 Å². The van der Waals surface area contributed by atoms with Crippen molar-refractivity contribution in [3.8, 4) is 11.8 Å². The largest absolute Gasteiger partial charge is 0.369 e. The molecule has 182 valence electrons. The van der Waals surface area contributed by atoms with E-state index in [0.29, 0.717) is 11.1 Å². The molecule has 0 aliphatic carbocycles. The van der Waals surface area contributed by atoms with Gasteiger partial charge in [0.15, 0.2) is 5.60 Å². The maximum absolute atomic E-state index is 13.6. The lowest BCUT2D eigenvalue weighted by molar-refractivity contribution is 0.145. The summed E-state index contributed by atoms with van der Waals surface area (Å²) < 4.78 is 28.6. The molecule has 4 aromatic rings. The summed E-state index contributed by atoms with van der Waals surface area (Å²) in [6.07, 6.45) is 0. The van der Waals surface area contributed by atoms with Gasteiger partial charge in [-0.1, -0.05) is 120 Å². The first-order valence-electron chi connectivity index (χ1n) is 11.7. The summed E-state index contributed by atoms with van der Waals surface area (Å²) >= 11 is 0. The highest BCUT2D eigenvalue weighted by Crippen LogP contribution is 2.29. The van der Waals surface area contributed by atoms with Crippen LogP contribution in [0.25, 0.3) is 0 Å². The molecule has 0 aliphatic heterocycles. The second-order valence-corrected chi connectivity index (χ2v) is 10.8. The predicted molar refractivity (Wildman–Crippen MR) is 144 cm³/mol. The van der Waals surface area contributed by atoms with Crippen LogP contribution in [0.5, 0.6) is 0 Å². The predicted octanol–water partition coefficient (Wildman–Crippen LogP) is 5.43. The zero-order valence-electron chi connectivity index (χ0n) is 20.4. The van der Waals surface area contributed by atoms with Crippen LogP contribution >= 0.6 is 0 Å². The van der Waals surface area contributed by atoms with E-state index in [1.807, 2.05) is 98.8 Å². The van der Waals surface area contributed by atoms with Gasteiger partial charge in [0.1, 0.15) is 0 Å². The van der Waals surface area contributed by atoms with Crippen molar-refractivity contribution in [1.29, 1.82) is 0 Å². The minimum absolute atomic E-state index is 0.0773. The van der Waals surface area contributed by atoms with E-state index in [1.165, 1.54) is 4.31 Å². The third-order valence-corrected chi connectivity index (χ3v) is 7.85. The van der Waals surface area contributed by atoms with Gasteiger partial charge in [0, 0.05) is 17.7 Å². The fourth-order valence-corrected chi connectivity index (χ4v) is 5.24. The summed E-state index contributed by atoms with van der Waals surface area (Å²) in [5, 5.41) is 11.7. The van der Waals surface area contributed by atoms with E-state index >= 15 is 0 Å². The molecule has 0 heterocycles. The molecule has 0 aromatic heterocycles. The zero-order valence-corrected chi connectivity index (χ0v) is 21.2. The highest BCUT2D eigenvalue weighted by Gasteiger charge is 2.30. The Morgan fingerprint density at radius 2 is 1.19 bits per heavy atom. The van der Waals surface area contributed by atoms with E-state index in [9.17, 15) is 13.5 Å². The molecular weight excluding hydrogens is 466 g/mol. The number of rotatable bonds is 7. The SMILES string of the molecule is Cc1ccc(CN(CC#CC(O)(c2ccccc2)c2ccccc2)S(=O)(=O)c2ccc(C)cc2)cc1. The first-order chi connectivity index (χ1) is 17.3. The van der Waals surface area contributed by atoms with Crippen molar-refractivity contribution in [2.45, 2.75) is 30.9 Å². The Kier molecular flexibility index (Phi) is 7.71. The van der Waals surface area contributed by atoms with Crippen LogP contribution in [0.1, 0.15) is 27.8 Å². The molecule has 0 atom stereocenters. The number of aryl methyl sites for hydroxylation is 2. The Morgan fingerprint density at radius 1 is 0.722 bits per heavy atom. The van der Waals surface area contributed by atoms with Gasteiger partial charge >= 0.3 is 0 Å². The lowest BCUT2D eigenvalue weighted by Crippen LogP contribution is -2.32. The monoisotopic (exact) mass is 495 g/mol. The fourth-order valence-electron chi connectivity index (χ4n) is 3.91. The van der Waals surface area contributed by atoms with Crippen molar-refractivity contribution in [2.75, 3.05) is 6.54 Å². The van der Waals surface area contributed by atoms with Gasteiger partial charge in [0.25, 0.3) is 0 Å². The first kappa shape index (κ1) is 25.4. The Morgan fingerprint density at radius 3 is 1.69 bits per heavy atom. The van der Waals surface area contributed by atoms with Gasteiger partial charge < -0.3 is 5.11 Å². The molecule has 1 N–H and O–H groups in total.